The van der Waals surface area contributed by atoms with Gasteiger partial charge in [0.1, 0.15) is 11.6 Å². The van der Waals surface area contributed by atoms with Gasteiger partial charge in [0, 0.05) is 12.5 Å². The normalized spacial score (nSPS) is 15.8. The maximum atomic E-state index is 13.7. The van der Waals surface area contributed by atoms with Gasteiger partial charge in [-0.25, -0.2) is 4.98 Å². The molecule has 0 radical (unpaired) electrons. The number of benzene rings is 1. The molecule has 1 aromatic carbocycles. The molecule has 4 rings (SSSR count). The number of aromatic nitrogens is 2. The van der Waals surface area contributed by atoms with E-state index in [-0.39, 0.29) is 23.4 Å². The summed E-state index contributed by atoms with van der Waals surface area (Å²) in [4.78, 5) is 33.7. The summed E-state index contributed by atoms with van der Waals surface area (Å²) in [6.07, 6.45) is 7.54. The zero-order chi connectivity index (χ0) is 21.8. The molecule has 1 unspecified atom stereocenters. The zero-order valence-corrected chi connectivity index (χ0v) is 18.4. The number of furan rings is 1. The van der Waals surface area contributed by atoms with Crippen LogP contribution in [0.1, 0.15) is 70.0 Å². The van der Waals surface area contributed by atoms with Crippen LogP contribution >= 0.6 is 0 Å². The fraction of sp³-hybridized carbons (Fsp3) is 0.480. The van der Waals surface area contributed by atoms with Gasteiger partial charge in [-0.05, 0) is 50.5 Å². The Bertz CT molecular complexity index is 1080. The number of hydrogen-bond donors (Lipinski definition) is 0. The van der Waals surface area contributed by atoms with Crippen LogP contribution in [0.3, 0.4) is 0 Å². The molecule has 0 aliphatic heterocycles. The topological polar surface area (TPSA) is 68.3 Å². The Morgan fingerprint density at radius 3 is 2.61 bits per heavy atom. The number of nitrogens with zero attached hydrogens (tertiary/aromatic N) is 3. The molecule has 164 valence electrons. The number of amides is 1. The summed E-state index contributed by atoms with van der Waals surface area (Å²) in [7, 11) is 0. The first kappa shape index (κ1) is 21.3. The Morgan fingerprint density at radius 1 is 1.16 bits per heavy atom. The number of para-hydroxylation sites is 1. The highest BCUT2D eigenvalue weighted by Crippen LogP contribution is 2.32. The first-order valence-corrected chi connectivity index (χ1v) is 11.5. The van der Waals surface area contributed by atoms with Crippen LogP contribution in [0.15, 0.2) is 51.9 Å². The molecule has 0 bridgehead atoms. The molecule has 0 spiro atoms. The van der Waals surface area contributed by atoms with Crippen LogP contribution in [0.2, 0.25) is 0 Å². The Morgan fingerprint density at radius 2 is 1.94 bits per heavy atom. The summed E-state index contributed by atoms with van der Waals surface area (Å²) >= 11 is 0. The summed E-state index contributed by atoms with van der Waals surface area (Å²) in [6, 6.07) is 10.9. The van der Waals surface area contributed by atoms with Crippen LogP contribution in [0.4, 0.5) is 0 Å². The Kier molecular flexibility index (Phi) is 6.54. The van der Waals surface area contributed by atoms with E-state index in [9.17, 15) is 9.59 Å². The molecule has 1 amide bonds. The van der Waals surface area contributed by atoms with Crippen molar-refractivity contribution < 1.29 is 9.21 Å². The van der Waals surface area contributed by atoms with Gasteiger partial charge in [0.2, 0.25) is 5.91 Å². The Hall–Kier alpha value is -2.89. The minimum atomic E-state index is -0.295. The highest BCUT2D eigenvalue weighted by molar-refractivity contribution is 5.80. The molecule has 0 N–H and O–H groups in total. The quantitative estimate of drug-likeness (QED) is 0.534. The monoisotopic (exact) mass is 421 g/mol. The lowest BCUT2D eigenvalue weighted by Crippen LogP contribution is -2.41. The van der Waals surface area contributed by atoms with Gasteiger partial charge in [-0.3, -0.25) is 14.2 Å². The molecule has 1 atom stereocenters. The van der Waals surface area contributed by atoms with Crippen molar-refractivity contribution in [2.24, 2.45) is 5.92 Å². The predicted molar refractivity (Wildman–Crippen MR) is 121 cm³/mol. The Balaban J connectivity index is 1.80. The Labute approximate surface area is 182 Å². The first-order valence-electron chi connectivity index (χ1n) is 11.5. The lowest BCUT2D eigenvalue weighted by molar-refractivity contribution is -0.140. The maximum absolute atomic E-state index is 13.7. The molecule has 2 aromatic heterocycles. The van der Waals surface area contributed by atoms with Crippen LogP contribution < -0.4 is 5.56 Å². The molecule has 31 heavy (non-hydrogen) atoms. The second kappa shape index (κ2) is 9.50. The van der Waals surface area contributed by atoms with Gasteiger partial charge in [-0.15, -0.1) is 0 Å². The van der Waals surface area contributed by atoms with E-state index in [1.54, 1.807) is 10.8 Å². The van der Waals surface area contributed by atoms with Crippen molar-refractivity contribution in [3.8, 4) is 0 Å². The van der Waals surface area contributed by atoms with E-state index in [0.29, 0.717) is 36.2 Å². The second-order valence-corrected chi connectivity index (χ2v) is 8.34. The SMILES string of the molecule is CCC(c1nc2ccccc2c(=O)n1CC)N(Cc1ccco1)C(=O)C1CCCCC1. The average molecular weight is 422 g/mol. The third kappa shape index (κ3) is 4.29. The summed E-state index contributed by atoms with van der Waals surface area (Å²) in [5.74, 6) is 1.58. The highest BCUT2D eigenvalue weighted by atomic mass is 16.3. The first-order chi connectivity index (χ1) is 15.1. The molecular formula is C25H31N3O3. The lowest BCUT2D eigenvalue weighted by Gasteiger charge is -2.35. The van der Waals surface area contributed by atoms with Crippen molar-refractivity contribution in [1.82, 2.24) is 14.5 Å². The molecule has 1 aliphatic carbocycles. The fourth-order valence-electron chi connectivity index (χ4n) is 4.78. The highest BCUT2D eigenvalue weighted by Gasteiger charge is 2.33. The van der Waals surface area contributed by atoms with Gasteiger partial charge in [-0.1, -0.05) is 38.3 Å². The van der Waals surface area contributed by atoms with E-state index < -0.39 is 0 Å². The van der Waals surface area contributed by atoms with Crippen molar-refractivity contribution >= 4 is 16.8 Å². The van der Waals surface area contributed by atoms with Crippen LogP contribution in [-0.2, 0) is 17.9 Å². The molecular weight excluding hydrogens is 390 g/mol. The fourth-order valence-corrected chi connectivity index (χ4v) is 4.78. The van der Waals surface area contributed by atoms with Gasteiger partial charge in [-0.2, -0.15) is 0 Å². The largest absolute Gasteiger partial charge is 0.467 e. The average Bonchev–Trinajstić information content (AvgIpc) is 3.32. The van der Waals surface area contributed by atoms with Gasteiger partial charge in [0.05, 0.1) is 29.8 Å². The molecule has 2 heterocycles. The van der Waals surface area contributed by atoms with Gasteiger partial charge in [0.15, 0.2) is 0 Å². The summed E-state index contributed by atoms with van der Waals surface area (Å²) in [5, 5.41) is 0.610. The third-order valence-electron chi connectivity index (χ3n) is 6.41. The van der Waals surface area contributed by atoms with Crippen LogP contribution in [0.25, 0.3) is 10.9 Å². The standard InChI is InChI=1S/C25H31N3O3/c1-3-22(23-26-21-15-9-8-14-20(21)25(30)27(23)4-2)28(17-19-13-10-16-31-19)24(29)18-11-6-5-7-12-18/h8-10,13-16,18,22H,3-7,11-12,17H2,1-2H3. The van der Waals surface area contributed by atoms with Crippen molar-refractivity contribution in [2.75, 3.05) is 0 Å². The van der Waals surface area contributed by atoms with E-state index in [1.807, 2.05) is 48.2 Å². The van der Waals surface area contributed by atoms with E-state index in [4.69, 9.17) is 9.40 Å². The van der Waals surface area contributed by atoms with Crippen molar-refractivity contribution in [3.63, 3.8) is 0 Å². The summed E-state index contributed by atoms with van der Waals surface area (Å²) in [6.45, 7) is 4.89. The van der Waals surface area contributed by atoms with Gasteiger partial charge in [0.25, 0.3) is 5.56 Å². The zero-order valence-electron chi connectivity index (χ0n) is 18.4. The molecule has 0 saturated heterocycles. The number of hydrogen-bond acceptors (Lipinski definition) is 4. The van der Waals surface area contributed by atoms with E-state index in [0.717, 1.165) is 31.4 Å². The van der Waals surface area contributed by atoms with Crippen molar-refractivity contribution in [2.45, 2.75) is 71.5 Å². The molecule has 3 aromatic rings. The number of rotatable bonds is 7. The van der Waals surface area contributed by atoms with Crippen LogP contribution in [-0.4, -0.2) is 20.4 Å². The van der Waals surface area contributed by atoms with Crippen molar-refractivity contribution in [3.05, 3.63) is 64.6 Å². The third-order valence-corrected chi connectivity index (χ3v) is 6.41. The molecule has 6 heteroatoms. The van der Waals surface area contributed by atoms with Crippen LogP contribution in [0.5, 0.6) is 0 Å². The smallest absolute Gasteiger partial charge is 0.261 e. The van der Waals surface area contributed by atoms with E-state index in [1.165, 1.54) is 6.42 Å². The molecule has 6 nitrogen and oxygen atoms in total. The second-order valence-electron chi connectivity index (χ2n) is 8.34. The van der Waals surface area contributed by atoms with Crippen molar-refractivity contribution in [1.29, 1.82) is 0 Å². The predicted octanol–water partition coefficient (Wildman–Crippen LogP) is 5.07. The molecule has 1 fully saturated rings. The van der Waals surface area contributed by atoms with Crippen LogP contribution in [0, 0.1) is 5.92 Å². The molecule has 1 aliphatic rings. The minimum absolute atomic E-state index is 0.0278. The number of fused-ring (bicyclic) bond motifs is 1. The van der Waals surface area contributed by atoms with Gasteiger partial charge < -0.3 is 9.32 Å². The van der Waals surface area contributed by atoms with E-state index in [2.05, 4.69) is 6.92 Å². The lowest BCUT2D eigenvalue weighted by atomic mass is 9.87. The summed E-state index contributed by atoms with van der Waals surface area (Å²) < 4.78 is 7.32. The molecule has 1 saturated carbocycles. The number of carbonyl (C=O) groups excluding carboxylic acids is 1. The van der Waals surface area contributed by atoms with E-state index >= 15 is 0 Å². The maximum Gasteiger partial charge on any atom is 0.261 e. The van der Waals surface area contributed by atoms with Gasteiger partial charge >= 0.3 is 0 Å². The summed E-state index contributed by atoms with van der Waals surface area (Å²) in [5.41, 5.74) is 0.623. The minimum Gasteiger partial charge on any atom is -0.467 e. The number of carbonyl (C=O) groups is 1.